The Bertz CT molecular complexity index is 585. The molecule has 0 saturated carbocycles. The fourth-order valence-corrected chi connectivity index (χ4v) is 1.84. The van der Waals surface area contributed by atoms with Gasteiger partial charge in [-0.25, -0.2) is 13.6 Å². The quantitative estimate of drug-likeness (QED) is 0.772. The summed E-state index contributed by atoms with van der Waals surface area (Å²) in [7, 11) is -3.73. The van der Waals surface area contributed by atoms with Gasteiger partial charge in [-0.05, 0) is 30.7 Å². The number of hydrogen-bond acceptors (Lipinski definition) is 3. The lowest BCUT2D eigenvalue weighted by Gasteiger charge is -2.08. The summed E-state index contributed by atoms with van der Waals surface area (Å²) < 4.78 is 22.2. The van der Waals surface area contributed by atoms with Crippen LogP contribution in [-0.2, 0) is 14.8 Å². The molecule has 0 saturated heterocycles. The third-order valence-electron chi connectivity index (χ3n) is 2.06. The standard InChI is InChI=1S/C11H12N2O3S/c1-3-4-11(14)13-10-6-5-9(7-8(10)2)17(12,15)16/h1,5-7H,4H2,2H3,(H,13,14)(H2,12,15,16). The van der Waals surface area contributed by atoms with E-state index in [2.05, 4.69) is 11.2 Å². The van der Waals surface area contributed by atoms with Gasteiger partial charge in [-0.15, -0.1) is 6.42 Å². The monoisotopic (exact) mass is 252 g/mol. The highest BCUT2D eigenvalue weighted by molar-refractivity contribution is 7.89. The molecule has 0 aromatic heterocycles. The number of benzene rings is 1. The first-order valence-corrected chi connectivity index (χ1v) is 6.26. The van der Waals surface area contributed by atoms with Crippen molar-refractivity contribution in [2.24, 2.45) is 5.14 Å². The number of rotatable bonds is 3. The molecule has 0 heterocycles. The Morgan fingerprint density at radius 1 is 1.53 bits per heavy atom. The molecule has 1 aromatic carbocycles. The number of anilines is 1. The second kappa shape index (κ2) is 4.99. The third-order valence-corrected chi connectivity index (χ3v) is 2.97. The highest BCUT2D eigenvalue weighted by atomic mass is 32.2. The van der Waals surface area contributed by atoms with Gasteiger partial charge in [0.1, 0.15) is 0 Å². The zero-order valence-corrected chi connectivity index (χ0v) is 10.0. The number of nitrogens with one attached hydrogen (secondary N) is 1. The molecule has 1 amide bonds. The Kier molecular flexibility index (Phi) is 3.89. The van der Waals surface area contributed by atoms with Gasteiger partial charge in [0.15, 0.2) is 0 Å². The van der Waals surface area contributed by atoms with E-state index in [9.17, 15) is 13.2 Å². The maximum atomic E-state index is 11.2. The lowest BCUT2D eigenvalue weighted by atomic mass is 10.2. The zero-order chi connectivity index (χ0) is 13.1. The smallest absolute Gasteiger partial charge is 0.238 e. The minimum Gasteiger partial charge on any atom is -0.325 e. The van der Waals surface area contributed by atoms with E-state index in [0.29, 0.717) is 11.3 Å². The van der Waals surface area contributed by atoms with E-state index in [1.54, 1.807) is 6.92 Å². The molecule has 0 bridgehead atoms. The molecule has 0 radical (unpaired) electrons. The van der Waals surface area contributed by atoms with Crippen LogP contribution in [0.5, 0.6) is 0 Å². The number of nitrogens with two attached hydrogens (primary N) is 1. The first-order valence-electron chi connectivity index (χ1n) is 4.71. The summed E-state index contributed by atoms with van der Waals surface area (Å²) in [5.74, 6) is 1.89. The van der Waals surface area contributed by atoms with Crippen LogP contribution in [0.1, 0.15) is 12.0 Å². The number of sulfonamides is 1. The SMILES string of the molecule is C#CCC(=O)Nc1ccc(S(N)(=O)=O)cc1C. The predicted octanol–water partition coefficient (Wildman–Crippen LogP) is 0.604. The molecular weight excluding hydrogens is 240 g/mol. The van der Waals surface area contributed by atoms with Crippen molar-refractivity contribution in [1.29, 1.82) is 0 Å². The molecule has 0 fully saturated rings. The predicted molar refractivity (Wildman–Crippen MR) is 64.6 cm³/mol. The van der Waals surface area contributed by atoms with E-state index >= 15 is 0 Å². The maximum absolute atomic E-state index is 11.2. The summed E-state index contributed by atoms with van der Waals surface area (Å²) in [6, 6.07) is 4.19. The number of hydrogen-bond donors (Lipinski definition) is 2. The van der Waals surface area contributed by atoms with E-state index in [-0.39, 0.29) is 17.2 Å². The van der Waals surface area contributed by atoms with Crippen molar-refractivity contribution in [2.45, 2.75) is 18.2 Å². The molecule has 0 atom stereocenters. The molecule has 1 aromatic rings. The minimum atomic E-state index is -3.73. The van der Waals surface area contributed by atoms with Crippen molar-refractivity contribution in [3.8, 4) is 12.3 Å². The fraction of sp³-hybridized carbons (Fsp3) is 0.182. The van der Waals surface area contributed by atoms with Crippen LogP contribution in [0.15, 0.2) is 23.1 Å². The largest absolute Gasteiger partial charge is 0.325 e. The van der Waals surface area contributed by atoms with Crippen LogP contribution in [-0.4, -0.2) is 14.3 Å². The van der Waals surface area contributed by atoms with E-state index in [1.807, 2.05) is 0 Å². The summed E-state index contributed by atoms with van der Waals surface area (Å²) in [5.41, 5.74) is 1.11. The first-order chi connectivity index (χ1) is 7.84. The molecule has 6 heteroatoms. The van der Waals surface area contributed by atoms with Crippen molar-refractivity contribution in [1.82, 2.24) is 0 Å². The van der Waals surface area contributed by atoms with Gasteiger partial charge in [0.2, 0.25) is 15.9 Å². The van der Waals surface area contributed by atoms with Gasteiger partial charge in [-0.3, -0.25) is 4.79 Å². The van der Waals surface area contributed by atoms with Crippen LogP contribution in [0.25, 0.3) is 0 Å². The second-order valence-corrected chi connectivity index (χ2v) is 5.01. The van der Waals surface area contributed by atoms with Crippen LogP contribution >= 0.6 is 0 Å². The number of carbonyl (C=O) groups is 1. The molecule has 0 aliphatic heterocycles. The van der Waals surface area contributed by atoms with Gasteiger partial charge in [-0.2, -0.15) is 0 Å². The van der Waals surface area contributed by atoms with Crippen molar-refractivity contribution in [3.05, 3.63) is 23.8 Å². The summed E-state index contributed by atoms with van der Waals surface area (Å²) in [6.07, 6.45) is 4.96. The van der Waals surface area contributed by atoms with E-state index in [4.69, 9.17) is 11.6 Å². The Hall–Kier alpha value is -1.84. The molecule has 0 aliphatic rings. The molecule has 17 heavy (non-hydrogen) atoms. The van der Waals surface area contributed by atoms with E-state index in [0.717, 1.165) is 0 Å². The van der Waals surface area contributed by atoms with Gasteiger partial charge >= 0.3 is 0 Å². The zero-order valence-electron chi connectivity index (χ0n) is 9.23. The topological polar surface area (TPSA) is 89.3 Å². The molecule has 0 aliphatic carbocycles. The summed E-state index contributed by atoms with van der Waals surface area (Å²) in [5, 5.41) is 7.56. The van der Waals surface area contributed by atoms with Crippen LogP contribution in [0, 0.1) is 19.3 Å². The third kappa shape index (κ3) is 3.59. The Balaban J connectivity index is 3.00. The van der Waals surface area contributed by atoms with Crippen LogP contribution in [0.4, 0.5) is 5.69 Å². The molecule has 90 valence electrons. The van der Waals surface area contributed by atoms with Gasteiger partial charge in [0.25, 0.3) is 0 Å². The molecular formula is C11H12N2O3S. The Labute approximate surface area is 100 Å². The maximum Gasteiger partial charge on any atom is 0.238 e. The fourth-order valence-electron chi connectivity index (χ4n) is 1.24. The summed E-state index contributed by atoms with van der Waals surface area (Å²) in [6.45, 7) is 1.67. The van der Waals surface area contributed by atoms with Gasteiger partial charge < -0.3 is 5.32 Å². The Morgan fingerprint density at radius 3 is 2.65 bits per heavy atom. The van der Waals surface area contributed by atoms with Crippen molar-refractivity contribution in [2.75, 3.05) is 5.32 Å². The normalized spacial score (nSPS) is 10.6. The molecule has 3 N–H and O–H groups in total. The summed E-state index contributed by atoms with van der Waals surface area (Å²) >= 11 is 0. The van der Waals surface area contributed by atoms with Crippen molar-refractivity contribution >= 4 is 21.6 Å². The molecule has 1 rings (SSSR count). The minimum absolute atomic E-state index is 0.00458. The summed E-state index contributed by atoms with van der Waals surface area (Å²) in [4.78, 5) is 11.3. The Morgan fingerprint density at radius 2 is 2.18 bits per heavy atom. The average Bonchev–Trinajstić information content (AvgIpc) is 2.20. The van der Waals surface area contributed by atoms with Gasteiger partial charge in [0.05, 0.1) is 11.3 Å². The lowest BCUT2D eigenvalue weighted by molar-refractivity contribution is -0.115. The number of primary sulfonamides is 1. The molecule has 5 nitrogen and oxygen atoms in total. The van der Waals surface area contributed by atoms with Crippen molar-refractivity contribution < 1.29 is 13.2 Å². The van der Waals surface area contributed by atoms with Gasteiger partial charge in [-0.1, -0.05) is 5.92 Å². The van der Waals surface area contributed by atoms with E-state index < -0.39 is 10.0 Å². The van der Waals surface area contributed by atoms with Crippen LogP contribution in [0.2, 0.25) is 0 Å². The second-order valence-electron chi connectivity index (χ2n) is 3.45. The van der Waals surface area contributed by atoms with Gasteiger partial charge in [0, 0.05) is 5.69 Å². The highest BCUT2D eigenvalue weighted by Gasteiger charge is 2.10. The van der Waals surface area contributed by atoms with Crippen LogP contribution in [0.3, 0.4) is 0 Å². The average molecular weight is 252 g/mol. The molecule has 0 spiro atoms. The highest BCUT2D eigenvalue weighted by Crippen LogP contribution is 2.18. The first kappa shape index (κ1) is 13.2. The lowest BCUT2D eigenvalue weighted by Crippen LogP contribution is -2.14. The number of aryl methyl sites for hydroxylation is 1. The van der Waals surface area contributed by atoms with E-state index in [1.165, 1.54) is 18.2 Å². The molecule has 0 unspecified atom stereocenters. The number of amides is 1. The number of carbonyl (C=O) groups excluding carboxylic acids is 1. The van der Waals surface area contributed by atoms with Crippen molar-refractivity contribution in [3.63, 3.8) is 0 Å². The van der Waals surface area contributed by atoms with Crippen LogP contribution < -0.4 is 10.5 Å². The number of terminal acetylenes is 1.